The first kappa shape index (κ1) is 13.2. The van der Waals surface area contributed by atoms with E-state index in [9.17, 15) is 4.79 Å². The summed E-state index contributed by atoms with van der Waals surface area (Å²) in [4.78, 5) is 15.9. The Morgan fingerprint density at radius 3 is 2.59 bits per heavy atom. The summed E-state index contributed by atoms with van der Waals surface area (Å²) in [6, 6.07) is 2.08. The zero-order valence-corrected chi connectivity index (χ0v) is 10.3. The van der Waals surface area contributed by atoms with Crippen molar-refractivity contribution in [2.45, 2.75) is 40.2 Å². The van der Waals surface area contributed by atoms with Gasteiger partial charge in [0.2, 0.25) is 11.8 Å². The summed E-state index contributed by atoms with van der Waals surface area (Å²) in [5, 5.41) is 15.3. The molecule has 1 rings (SSSR count). The average molecular weight is 236 g/mol. The van der Waals surface area contributed by atoms with Gasteiger partial charge in [0.05, 0.1) is 12.6 Å². The molecular weight excluding hydrogens is 220 g/mol. The van der Waals surface area contributed by atoms with Crippen molar-refractivity contribution >= 4 is 5.91 Å². The van der Waals surface area contributed by atoms with E-state index in [2.05, 4.69) is 21.5 Å². The second-order valence-electron chi connectivity index (χ2n) is 3.82. The lowest BCUT2D eigenvalue weighted by Gasteiger charge is -2.21. The van der Waals surface area contributed by atoms with Gasteiger partial charge in [-0.1, -0.05) is 19.0 Å². The van der Waals surface area contributed by atoms with Crippen molar-refractivity contribution in [1.29, 1.82) is 5.26 Å². The van der Waals surface area contributed by atoms with Gasteiger partial charge < -0.3 is 9.84 Å². The molecule has 1 N–H and O–H groups in total. The van der Waals surface area contributed by atoms with Crippen LogP contribution >= 0.6 is 0 Å². The minimum absolute atomic E-state index is 0.156. The van der Waals surface area contributed by atoms with Gasteiger partial charge in [0.25, 0.3) is 0 Å². The van der Waals surface area contributed by atoms with Crippen LogP contribution in [0.25, 0.3) is 0 Å². The molecule has 0 fully saturated rings. The van der Waals surface area contributed by atoms with Crippen molar-refractivity contribution in [3.05, 3.63) is 11.7 Å². The SMILES string of the molecule is CCC(C#N)(CC)C(=O)NCc1nc(C)no1. The molecule has 0 saturated heterocycles. The molecule has 1 amide bonds. The second-order valence-corrected chi connectivity index (χ2v) is 3.82. The molecule has 0 spiro atoms. The Morgan fingerprint density at radius 1 is 1.53 bits per heavy atom. The number of rotatable bonds is 5. The zero-order valence-electron chi connectivity index (χ0n) is 10.3. The van der Waals surface area contributed by atoms with Gasteiger partial charge in [-0.3, -0.25) is 4.79 Å². The smallest absolute Gasteiger partial charge is 0.246 e. The van der Waals surface area contributed by atoms with Crippen molar-refractivity contribution in [1.82, 2.24) is 15.5 Å². The van der Waals surface area contributed by atoms with Crippen molar-refractivity contribution in [3.63, 3.8) is 0 Å². The fourth-order valence-electron chi connectivity index (χ4n) is 1.52. The predicted molar refractivity (Wildman–Crippen MR) is 59.5 cm³/mol. The van der Waals surface area contributed by atoms with E-state index < -0.39 is 5.41 Å². The molecule has 0 aliphatic rings. The lowest BCUT2D eigenvalue weighted by atomic mass is 9.83. The molecule has 0 radical (unpaired) electrons. The second kappa shape index (κ2) is 5.43. The van der Waals surface area contributed by atoms with E-state index in [4.69, 9.17) is 9.78 Å². The third-order valence-electron chi connectivity index (χ3n) is 2.83. The van der Waals surface area contributed by atoms with Crippen LogP contribution in [0.5, 0.6) is 0 Å². The number of hydrogen-bond acceptors (Lipinski definition) is 5. The molecule has 0 bridgehead atoms. The fourth-order valence-corrected chi connectivity index (χ4v) is 1.52. The predicted octanol–water partition coefficient (Wildman–Crippen LogP) is 1.32. The van der Waals surface area contributed by atoms with Crippen LogP contribution in [0.3, 0.4) is 0 Å². The Morgan fingerprint density at radius 2 is 2.18 bits per heavy atom. The Hall–Kier alpha value is -1.90. The van der Waals surface area contributed by atoms with E-state index in [1.807, 2.05) is 13.8 Å². The number of aromatic nitrogens is 2. The maximum Gasteiger partial charge on any atom is 0.246 e. The monoisotopic (exact) mass is 236 g/mol. The maximum absolute atomic E-state index is 11.9. The van der Waals surface area contributed by atoms with Gasteiger partial charge >= 0.3 is 0 Å². The summed E-state index contributed by atoms with van der Waals surface area (Å²) < 4.78 is 4.87. The van der Waals surface area contributed by atoms with Gasteiger partial charge in [-0.2, -0.15) is 10.2 Å². The molecule has 1 heterocycles. The molecule has 0 saturated carbocycles. The molecular formula is C11H16N4O2. The Bertz CT molecular complexity index is 429. The molecule has 17 heavy (non-hydrogen) atoms. The third kappa shape index (κ3) is 2.81. The number of nitriles is 1. The van der Waals surface area contributed by atoms with Gasteiger partial charge in [-0.25, -0.2) is 0 Å². The first-order chi connectivity index (χ1) is 8.07. The highest BCUT2D eigenvalue weighted by Crippen LogP contribution is 2.25. The molecule has 0 aromatic carbocycles. The number of carbonyl (C=O) groups excluding carboxylic acids is 1. The quantitative estimate of drug-likeness (QED) is 0.832. The summed E-state index contributed by atoms with van der Waals surface area (Å²) in [5.74, 6) is 0.572. The third-order valence-corrected chi connectivity index (χ3v) is 2.83. The lowest BCUT2D eigenvalue weighted by Crippen LogP contribution is -2.39. The summed E-state index contributed by atoms with van der Waals surface area (Å²) in [5.41, 5.74) is -0.963. The molecule has 0 unspecified atom stereocenters. The molecule has 1 aromatic heterocycles. The Balaban J connectivity index is 2.63. The first-order valence-corrected chi connectivity index (χ1v) is 5.56. The average Bonchev–Trinajstić information content (AvgIpc) is 2.75. The number of nitrogens with one attached hydrogen (secondary N) is 1. The maximum atomic E-state index is 11.9. The van der Waals surface area contributed by atoms with Crippen LogP contribution in [-0.4, -0.2) is 16.0 Å². The van der Waals surface area contributed by atoms with Gasteiger partial charge in [-0.15, -0.1) is 0 Å². The lowest BCUT2D eigenvalue weighted by molar-refractivity contribution is -0.128. The highest BCUT2D eigenvalue weighted by molar-refractivity contribution is 5.85. The molecule has 0 aliphatic carbocycles. The van der Waals surface area contributed by atoms with Crippen molar-refractivity contribution < 1.29 is 9.32 Å². The molecule has 0 atom stereocenters. The van der Waals surface area contributed by atoms with Crippen LogP contribution in [0.4, 0.5) is 0 Å². The molecule has 6 nitrogen and oxygen atoms in total. The van der Waals surface area contributed by atoms with Crippen LogP contribution in [-0.2, 0) is 11.3 Å². The first-order valence-electron chi connectivity index (χ1n) is 5.56. The summed E-state index contributed by atoms with van der Waals surface area (Å²) in [7, 11) is 0. The van der Waals surface area contributed by atoms with Gasteiger partial charge in [0.1, 0.15) is 5.41 Å². The van der Waals surface area contributed by atoms with Gasteiger partial charge in [0.15, 0.2) is 5.82 Å². The minimum atomic E-state index is -0.963. The summed E-state index contributed by atoms with van der Waals surface area (Å²) >= 11 is 0. The fraction of sp³-hybridized carbons (Fsp3) is 0.636. The van der Waals surface area contributed by atoms with E-state index >= 15 is 0 Å². The highest BCUT2D eigenvalue weighted by atomic mass is 16.5. The topological polar surface area (TPSA) is 91.8 Å². The van der Waals surface area contributed by atoms with Crippen LogP contribution in [0.1, 0.15) is 38.4 Å². The number of carbonyl (C=O) groups is 1. The van der Waals surface area contributed by atoms with Gasteiger partial charge in [-0.05, 0) is 19.8 Å². The normalized spacial score (nSPS) is 10.9. The van der Waals surface area contributed by atoms with E-state index in [-0.39, 0.29) is 12.5 Å². The van der Waals surface area contributed by atoms with Crippen LogP contribution in [0, 0.1) is 23.7 Å². The molecule has 6 heteroatoms. The van der Waals surface area contributed by atoms with Crippen LogP contribution in [0.2, 0.25) is 0 Å². The number of amides is 1. The minimum Gasteiger partial charge on any atom is -0.346 e. The van der Waals surface area contributed by atoms with E-state index in [0.29, 0.717) is 24.6 Å². The van der Waals surface area contributed by atoms with E-state index in [1.165, 1.54) is 0 Å². The molecule has 0 aliphatic heterocycles. The van der Waals surface area contributed by atoms with Crippen molar-refractivity contribution in [3.8, 4) is 6.07 Å². The van der Waals surface area contributed by atoms with E-state index in [0.717, 1.165) is 0 Å². The van der Waals surface area contributed by atoms with E-state index in [1.54, 1.807) is 6.92 Å². The van der Waals surface area contributed by atoms with Crippen molar-refractivity contribution in [2.75, 3.05) is 0 Å². The Kier molecular flexibility index (Phi) is 4.21. The standard InChI is InChI=1S/C11H16N4O2/c1-4-11(5-2,7-12)10(16)13-6-9-14-8(3)15-17-9/h4-6H2,1-3H3,(H,13,16). The highest BCUT2D eigenvalue weighted by Gasteiger charge is 2.34. The van der Waals surface area contributed by atoms with Gasteiger partial charge in [0, 0.05) is 0 Å². The molecule has 1 aromatic rings. The van der Waals surface area contributed by atoms with Crippen LogP contribution < -0.4 is 5.32 Å². The number of aryl methyl sites for hydroxylation is 1. The molecule has 92 valence electrons. The summed E-state index contributed by atoms with van der Waals surface area (Å²) in [6.07, 6.45) is 0.962. The Labute approximate surface area is 100 Å². The van der Waals surface area contributed by atoms with Crippen LogP contribution in [0.15, 0.2) is 4.52 Å². The number of hydrogen-bond donors (Lipinski definition) is 1. The van der Waals surface area contributed by atoms with Crippen molar-refractivity contribution in [2.24, 2.45) is 5.41 Å². The zero-order chi connectivity index (χ0) is 12.9. The summed E-state index contributed by atoms with van der Waals surface area (Å²) in [6.45, 7) is 5.50. The number of nitrogens with zero attached hydrogens (tertiary/aromatic N) is 3. The largest absolute Gasteiger partial charge is 0.346 e.